The second-order valence-corrected chi connectivity index (χ2v) is 10.0. The number of amides is 2. The number of thioether (sulfide) groups is 1. The van der Waals surface area contributed by atoms with Gasteiger partial charge in [0.2, 0.25) is 5.91 Å². The van der Waals surface area contributed by atoms with Crippen molar-refractivity contribution >= 4 is 40.1 Å². The standard InChI is InChI=1S/C28H25FN4O3S/c1-17-3-11-21(12-4-17)30-26(34)16-25-27(35)31-28(37-25)33-24(19-7-13-22(36-2)14-8-19)15-23(32-33)18-5-9-20(29)10-6-18/h3-14,24-25H,15-16H2,1-2H3,(H,30,34)/t24-,25-/m1/s1. The van der Waals surface area contributed by atoms with Crippen molar-refractivity contribution in [3.63, 3.8) is 0 Å². The van der Waals surface area contributed by atoms with Gasteiger partial charge >= 0.3 is 0 Å². The Kier molecular flexibility index (Phi) is 7.05. The van der Waals surface area contributed by atoms with E-state index >= 15 is 0 Å². The van der Waals surface area contributed by atoms with E-state index in [1.54, 1.807) is 24.3 Å². The summed E-state index contributed by atoms with van der Waals surface area (Å²) >= 11 is 1.24. The Labute approximate surface area is 218 Å². The molecular weight excluding hydrogens is 491 g/mol. The van der Waals surface area contributed by atoms with Gasteiger partial charge in [0, 0.05) is 18.5 Å². The van der Waals surface area contributed by atoms with Gasteiger partial charge in [-0.05, 0) is 54.4 Å². The monoisotopic (exact) mass is 516 g/mol. The van der Waals surface area contributed by atoms with Crippen LogP contribution in [-0.4, -0.2) is 40.1 Å². The fourth-order valence-electron chi connectivity index (χ4n) is 4.21. The Morgan fingerprint density at radius 2 is 1.78 bits per heavy atom. The number of nitrogens with one attached hydrogen (secondary N) is 1. The van der Waals surface area contributed by atoms with Gasteiger partial charge in [0.05, 0.1) is 18.9 Å². The molecule has 0 bridgehead atoms. The highest BCUT2D eigenvalue weighted by Gasteiger charge is 2.39. The number of aliphatic imine (C=N–C) groups is 1. The number of hydrazone groups is 1. The molecule has 2 amide bonds. The quantitative estimate of drug-likeness (QED) is 0.480. The van der Waals surface area contributed by atoms with Crippen LogP contribution in [0.1, 0.15) is 35.6 Å². The molecule has 9 heteroatoms. The average Bonchev–Trinajstić information content (AvgIpc) is 3.50. The summed E-state index contributed by atoms with van der Waals surface area (Å²) in [6.45, 7) is 1.97. The minimum atomic E-state index is -0.637. The predicted octanol–water partition coefficient (Wildman–Crippen LogP) is 5.32. The molecule has 37 heavy (non-hydrogen) atoms. The molecule has 3 aromatic carbocycles. The molecule has 2 aliphatic rings. The average molecular weight is 517 g/mol. The highest BCUT2D eigenvalue weighted by Crippen LogP contribution is 2.39. The molecule has 7 nitrogen and oxygen atoms in total. The summed E-state index contributed by atoms with van der Waals surface area (Å²) in [5, 5.41) is 9.17. The van der Waals surface area contributed by atoms with Crippen LogP contribution < -0.4 is 10.1 Å². The van der Waals surface area contributed by atoms with Gasteiger partial charge in [0.1, 0.15) is 16.8 Å². The molecule has 2 heterocycles. The predicted molar refractivity (Wildman–Crippen MR) is 143 cm³/mol. The van der Waals surface area contributed by atoms with Crippen LogP contribution in [0.3, 0.4) is 0 Å². The van der Waals surface area contributed by atoms with Gasteiger partial charge in [0.15, 0.2) is 5.17 Å². The minimum absolute atomic E-state index is 0.0000471. The van der Waals surface area contributed by atoms with Crippen LogP contribution in [0.15, 0.2) is 82.9 Å². The molecule has 0 radical (unpaired) electrons. The third-order valence-electron chi connectivity index (χ3n) is 6.22. The third-order valence-corrected chi connectivity index (χ3v) is 7.36. The van der Waals surface area contributed by atoms with Gasteiger partial charge in [-0.1, -0.05) is 53.7 Å². The number of carbonyl (C=O) groups excluding carboxylic acids is 2. The molecule has 0 aliphatic carbocycles. The number of methoxy groups -OCH3 is 1. The van der Waals surface area contributed by atoms with Crippen molar-refractivity contribution in [2.45, 2.75) is 31.1 Å². The van der Waals surface area contributed by atoms with Gasteiger partial charge in [-0.15, -0.1) is 0 Å². The van der Waals surface area contributed by atoms with E-state index in [-0.39, 0.29) is 30.1 Å². The number of anilines is 1. The number of amidine groups is 1. The highest BCUT2D eigenvalue weighted by atomic mass is 32.2. The van der Waals surface area contributed by atoms with Crippen molar-refractivity contribution in [1.29, 1.82) is 0 Å². The van der Waals surface area contributed by atoms with E-state index in [1.165, 1.54) is 23.9 Å². The Morgan fingerprint density at radius 1 is 1.08 bits per heavy atom. The Hall–Kier alpha value is -3.98. The zero-order chi connectivity index (χ0) is 25.9. The normalized spacial score (nSPS) is 19.0. The first-order valence-corrected chi connectivity index (χ1v) is 12.7. The third kappa shape index (κ3) is 5.56. The van der Waals surface area contributed by atoms with Gasteiger partial charge in [-0.25, -0.2) is 9.40 Å². The maximum atomic E-state index is 13.5. The molecule has 0 unspecified atom stereocenters. The van der Waals surface area contributed by atoms with E-state index in [0.717, 1.165) is 28.2 Å². The number of aryl methyl sites for hydroxylation is 1. The number of ether oxygens (including phenoxy) is 1. The number of halogens is 1. The number of hydrogen-bond acceptors (Lipinski definition) is 6. The molecule has 0 fully saturated rings. The van der Waals surface area contributed by atoms with Crippen molar-refractivity contribution in [3.05, 3.63) is 95.3 Å². The summed E-state index contributed by atoms with van der Waals surface area (Å²) in [5.41, 5.74) is 4.30. The van der Waals surface area contributed by atoms with Gasteiger partial charge < -0.3 is 10.1 Å². The van der Waals surface area contributed by atoms with E-state index in [1.807, 2.05) is 55.5 Å². The number of carbonyl (C=O) groups is 2. The summed E-state index contributed by atoms with van der Waals surface area (Å²) in [6, 6.07) is 21.1. The van der Waals surface area contributed by atoms with Crippen molar-refractivity contribution in [1.82, 2.24) is 5.01 Å². The van der Waals surface area contributed by atoms with E-state index in [0.29, 0.717) is 17.3 Å². The number of nitrogens with zero attached hydrogens (tertiary/aromatic N) is 3. The van der Waals surface area contributed by atoms with Crippen LogP contribution in [0.4, 0.5) is 10.1 Å². The number of rotatable bonds is 6. The lowest BCUT2D eigenvalue weighted by Gasteiger charge is -2.23. The van der Waals surface area contributed by atoms with Gasteiger partial charge in [-0.2, -0.15) is 10.1 Å². The minimum Gasteiger partial charge on any atom is -0.497 e. The van der Waals surface area contributed by atoms with Crippen LogP contribution >= 0.6 is 11.8 Å². The molecule has 1 N–H and O–H groups in total. The van der Waals surface area contributed by atoms with Crippen LogP contribution in [0.5, 0.6) is 5.75 Å². The van der Waals surface area contributed by atoms with Crippen LogP contribution in [0.2, 0.25) is 0 Å². The second kappa shape index (κ2) is 10.6. The van der Waals surface area contributed by atoms with Crippen molar-refractivity contribution in [2.75, 3.05) is 12.4 Å². The lowest BCUT2D eigenvalue weighted by atomic mass is 9.98. The highest BCUT2D eigenvalue weighted by molar-refractivity contribution is 8.15. The number of benzene rings is 3. The molecule has 0 saturated carbocycles. The lowest BCUT2D eigenvalue weighted by Crippen LogP contribution is -2.25. The lowest BCUT2D eigenvalue weighted by molar-refractivity contribution is -0.121. The molecule has 0 aromatic heterocycles. The molecule has 0 spiro atoms. The van der Waals surface area contributed by atoms with E-state index < -0.39 is 5.25 Å². The topological polar surface area (TPSA) is 83.4 Å². The molecule has 5 rings (SSSR count). The molecule has 0 saturated heterocycles. The Morgan fingerprint density at radius 3 is 2.46 bits per heavy atom. The molecule has 2 atom stereocenters. The summed E-state index contributed by atoms with van der Waals surface area (Å²) in [6.07, 6.45) is 0.546. The summed E-state index contributed by atoms with van der Waals surface area (Å²) < 4.78 is 18.8. The second-order valence-electron chi connectivity index (χ2n) is 8.85. The fraction of sp³-hybridized carbons (Fsp3) is 0.214. The van der Waals surface area contributed by atoms with E-state index in [2.05, 4.69) is 10.3 Å². The maximum absolute atomic E-state index is 13.5. The number of hydrogen-bond donors (Lipinski definition) is 1. The zero-order valence-corrected chi connectivity index (χ0v) is 21.2. The SMILES string of the molecule is COc1ccc([C@H]2CC(c3ccc(F)cc3)=NN2C2=NC(=O)[C@@H](CC(=O)Nc3ccc(C)cc3)S2)cc1. The summed E-state index contributed by atoms with van der Waals surface area (Å²) in [4.78, 5) is 29.7. The van der Waals surface area contributed by atoms with E-state index in [9.17, 15) is 14.0 Å². The molecule has 188 valence electrons. The first-order chi connectivity index (χ1) is 17.9. The Bertz CT molecular complexity index is 1370. The van der Waals surface area contributed by atoms with Crippen LogP contribution in [0, 0.1) is 12.7 Å². The first kappa shape index (κ1) is 24.7. The fourth-order valence-corrected chi connectivity index (χ4v) is 5.27. The van der Waals surface area contributed by atoms with Gasteiger partial charge in [0.25, 0.3) is 5.91 Å². The molecular formula is C28H25FN4O3S. The first-order valence-electron chi connectivity index (χ1n) is 11.8. The Balaban J connectivity index is 1.35. The maximum Gasteiger partial charge on any atom is 0.262 e. The summed E-state index contributed by atoms with van der Waals surface area (Å²) in [7, 11) is 1.61. The van der Waals surface area contributed by atoms with Crippen molar-refractivity contribution in [3.8, 4) is 5.75 Å². The molecule has 3 aromatic rings. The van der Waals surface area contributed by atoms with Crippen molar-refractivity contribution < 1.29 is 18.7 Å². The zero-order valence-electron chi connectivity index (χ0n) is 20.3. The molecule has 2 aliphatic heterocycles. The van der Waals surface area contributed by atoms with Gasteiger partial charge in [-0.3, -0.25) is 9.59 Å². The van der Waals surface area contributed by atoms with Crippen molar-refractivity contribution in [2.24, 2.45) is 10.1 Å². The largest absolute Gasteiger partial charge is 0.497 e. The van der Waals surface area contributed by atoms with Crippen LogP contribution in [0.25, 0.3) is 0 Å². The smallest absolute Gasteiger partial charge is 0.262 e. The van der Waals surface area contributed by atoms with E-state index in [4.69, 9.17) is 9.84 Å². The summed E-state index contributed by atoms with van der Waals surface area (Å²) in [5.74, 6) is -0.206. The van der Waals surface area contributed by atoms with Crippen LogP contribution in [-0.2, 0) is 9.59 Å².